The van der Waals surface area contributed by atoms with Crippen LogP contribution in [-0.2, 0) is 22.4 Å². The summed E-state index contributed by atoms with van der Waals surface area (Å²) in [5.74, 6) is 0.251. The van der Waals surface area contributed by atoms with E-state index in [1.54, 1.807) is 0 Å². The van der Waals surface area contributed by atoms with E-state index in [0.29, 0.717) is 6.61 Å². The van der Waals surface area contributed by atoms with Gasteiger partial charge < -0.3 is 9.64 Å². The van der Waals surface area contributed by atoms with Gasteiger partial charge in [-0.1, -0.05) is 31.2 Å². The molecule has 0 aromatic heterocycles. The molecule has 0 aliphatic carbocycles. The molecule has 1 aromatic rings. The van der Waals surface area contributed by atoms with E-state index in [1.807, 2.05) is 0 Å². The Morgan fingerprint density at radius 3 is 2.73 bits per heavy atom. The highest BCUT2D eigenvalue weighted by Gasteiger charge is 2.31. The molecule has 2 aliphatic heterocycles. The highest BCUT2D eigenvalue weighted by Crippen LogP contribution is 2.18. The number of ether oxygens (including phenoxy) is 1. The number of carbonyl (C=O) groups is 1. The summed E-state index contributed by atoms with van der Waals surface area (Å²) in [6, 6.07) is 8.54. The predicted octanol–water partition coefficient (Wildman–Crippen LogP) is 1.72. The van der Waals surface area contributed by atoms with Crippen LogP contribution < -0.4 is 0 Å². The first-order chi connectivity index (χ1) is 10.8. The minimum atomic E-state index is -0.0894. The van der Waals surface area contributed by atoms with E-state index in [2.05, 4.69) is 41.0 Å². The number of hydrogen-bond donors (Lipinski definition) is 0. The number of benzene rings is 1. The molecule has 0 N–H and O–H groups in total. The lowest BCUT2D eigenvalue weighted by Crippen LogP contribution is -2.55. The van der Waals surface area contributed by atoms with Crippen LogP contribution in [0.3, 0.4) is 0 Å². The Morgan fingerprint density at radius 2 is 1.95 bits per heavy atom. The fourth-order valence-electron chi connectivity index (χ4n) is 3.55. The van der Waals surface area contributed by atoms with E-state index < -0.39 is 0 Å². The molecule has 4 heteroatoms. The van der Waals surface area contributed by atoms with Gasteiger partial charge in [-0.15, -0.1) is 0 Å². The van der Waals surface area contributed by atoms with Crippen LogP contribution in [0.2, 0.25) is 0 Å². The van der Waals surface area contributed by atoms with Gasteiger partial charge in [0, 0.05) is 19.6 Å². The van der Waals surface area contributed by atoms with Crippen molar-refractivity contribution >= 4 is 5.91 Å². The first kappa shape index (κ1) is 15.5. The molecule has 0 saturated carbocycles. The molecule has 120 valence electrons. The first-order valence-electron chi connectivity index (χ1n) is 8.47. The molecule has 4 nitrogen and oxygen atoms in total. The third-order valence-corrected chi connectivity index (χ3v) is 4.89. The van der Waals surface area contributed by atoms with Crippen molar-refractivity contribution in [3.8, 4) is 0 Å². The Kier molecular flexibility index (Phi) is 5.11. The fraction of sp³-hybridized carbons (Fsp3) is 0.611. The lowest BCUT2D eigenvalue weighted by molar-refractivity contribution is -0.143. The monoisotopic (exact) mass is 302 g/mol. The highest BCUT2D eigenvalue weighted by atomic mass is 16.5. The van der Waals surface area contributed by atoms with Crippen LogP contribution in [0.4, 0.5) is 0 Å². The van der Waals surface area contributed by atoms with Crippen molar-refractivity contribution in [3.05, 3.63) is 35.4 Å². The number of aryl methyl sites for hydroxylation is 1. The minimum Gasteiger partial charge on any atom is -0.378 e. The third kappa shape index (κ3) is 3.33. The average molecular weight is 302 g/mol. The zero-order chi connectivity index (χ0) is 15.4. The van der Waals surface area contributed by atoms with E-state index >= 15 is 0 Å². The number of hydrogen-bond acceptors (Lipinski definition) is 3. The molecular formula is C18H26N2O2. The van der Waals surface area contributed by atoms with Gasteiger partial charge in [0.15, 0.2) is 0 Å². The number of morpholine rings is 1. The Morgan fingerprint density at radius 1 is 1.18 bits per heavy atom. The van der Waals surface area contributed by atoms with Crippen LogP contribution >= 0.6 is 0 Å². The van der Waals surface area contributed by atoms with Gasteiger partial charge in [0.25, 0.3) is 0 Å². The van der Waals surface area contributed by atoms with Gasteiger partial charge in [0.1, 0.15) is 6.04 Å². The van der Waals surface area contributed by atoms with Gasteiger partial charge in [-0.25, -0.2) is 0 Å². The van der Waals surface area contributed by atoms with Gasteiger partial charge in [0.2, 0.25) is 5.91 Å². The van der Waals surface area contributed by atoms with Crippen molar-refractivity contribution < 1.29 is 9.53 Å². The lowest BCUT2D eigenvalue weighted by atomic mass is 9.98. The van der Waals surface area contributed by atoms with Crippen molar-refractivity contribution in [2.45, 2.75) is 32.2 Å². The number of rotatable bonds is 2. The van der Waals surface area contributed by atoms with Crippen molar-refractivity contribution in [1.29, 1.82) is 0 Å². The van der Waals surface area contributed by atoms with Crippen molar-refractivity contribution in [2.75, 3.05) is 39.4 Å². The molecule has 1 atom stereocenters. The maximum atomic E-state index is 12.9. The number of likely N-dealkylation sites (N-methyl/N-ethyl adjacent to an activating group) is 1. The SMILES string of the molecule is CCN1CCOCC1C(=O)N1CCCc2ccccc2CC1. The number of nitrogens with zero attached hydrogens (tertiary/aromatic N) is 2. The Labute approximate surface area is 133 Å². The summed E-state index contributed by atoms with van der Waals surface area (Å²) in [5, 5.41) is 0. The molecule has 0 radical (unpaired) electrons. The molecule has 2 heterocycles. The van der Waals surface area contributed by atoms with E-state index in [0.717, 1.165) is 52.0 Å². The quantitative estimate of drug-likeness (QED) is 0.834. The summed E-state index contributed by atoms with van der Waals surface area (Å²) in [6.45, 7) is 6.87. The van der Waals surface area contributed by atoms with Crippen LogP contribution in [0.5, 0.6) is 0 Å². The topological polar surface area (TPSA) is 32.8 Å². The summed E-state index contributed by atoms with van der Waals surface area (Å²) in [4.78, 5) is 17.2. The van der Waals surface area contributed by atoms with E-state index in [9.17, 15) is 4.79 Å². The van der Waals surface area contributed by atoms with Crippen molar-refractivity contribution in [3.63, 3.8) is 0 Å². The zero-order valence-corrected chi connectivity index (χ0v) is 13.5. The molecule has 22 heavy (non-hydrogen) atoms. The lowest BCUT2D eigenvalue weighted by Gasteiger charge is -2.37. The van der Waals surface area contributed by atoms with Crippen LogP contribution in [0.15, 0.2) is 24.3 Å². The average Bonchev–Trinajstić information content (AvgIpc) is 2.55. The number of fused-ring (bicyclic) bond motifs is 1. The van der Waals surface area contributed by atoms with E-state index in [4.69, 9.17) is 4.74 Å². The summed E-state index contributed by atoms with van der Waals surface area (Å²) in [5.41, 5.74) is 2.85. The Hall–Kier alpha value is -1.39. The summed E-state index contributed by atoms with van der Waals surface area (Å²) >= 11 is 0. The van der Waals surface area contributed by atoms with Gasteiger partial charge in [0.05, 0.1) is 13.2 Å². The summed E-state index contributed by atoms with van der Waals surface area (Å²) < 4.78 is 5.55. The molecular weight excluding hydrogens is 276 g/mol. The maximum absolute atomic E-state index is 12.9. The Balaban J connectivity index is 1.68. The molecule has 1 unspecified atom stereocenters. The maximum Gasteiger partial charge on any atom is 0.242 e. The van der Waals surface area contributed by atoms with E-state index in [1.165, 1.54) is 11.1 Å². The van der Waals surface area contributed by atoms with Crippen LogP contribution in [0.1, 0.15) is 24.5 Å². The Bertz CT molecular complexity index is 518. The van der Waals surface area contributed by atoms with Crippen LogP contribution in [-0.4, -0.2) is 61.1 Å². The number of amides is 1. The third-order valence-electron chi connectivity index (χ3n) is 4.89. The van der Waals surface area contributed by atoms with Gasteiger partial charge in [-0.05, 0) is 36.9 Å². The standard InChI is InChI=1S/C18H26N2O2/c1-2-19-12-13-22-14-17(19)18(21)20-10-5-8-15-6-3-4-7-16(15)9-11-20/h3-4,6-7,17H,2,5,8-14H2,1H3. The molecule has 0 spiro atoms. The zero-order valence-electron chi connectivity index (χ0n) is 13.5. The minimum absolute atomic E-state index is 0.0894. The van der Waals surface area contributed by atoms with Crippen LogP contribution in [0.25, 0.3) is 0 Å². The second-order valence-electron chi connectivity index (χ2n) is 6.17. The van der Waals surface area contributed by atoms with Gasteiger partial charge in [-0.3, -0.25) is 9.69 Å². The largest absolute Gasteiger partial charge is 0.378 e. The molecule has 1 fully saturated rings. The first-order valence-corrected chi connectivity index (χ1v) is 8.47. The van der Waals surface area contributed by atoms with Crippen molar-refractivity contribution in [2.24, 2.45) is 0 Å². The van der Waals surface area contributed by atoms with Gasteiger partial charge in [-0.2, -0.15) is 0 Å². The highest BCUT2D eigenvalue weighted by molar-refractivity contribution is 5.82. The van der Waals surface area contributed by atoms with E-state index in [-0.39, 0.29) is 11.9 Å². The molecule has 1 amide bonds. The summed E-state index contributed by atoms with van der Waals surface area (Å²) in [6.07, 6.45) is 3.07. The molecule has 2 aliphatic rings. The predicted molar refractivity (Wildman–Crippen MR) is 86.9 cm³/mol. The molecule has 1 saturated heterocycles. The molecule has 3 rings (SSSR count). The van der Waals surface area contributed by atoms with Crippen molar-refractivity contribution in [1.82, 2.24) is 9.80 Å². The second kappa shape index (κ2) is 7.25. The normalized spacial score (nSPS) is 23.5. The second-order valence-corrected chi connectivity index (χ2v) is 6.17. The van der Waals surface area contributed by atoms with Gasteiger partial charge >= 0.3 is 0 Å². The molecule has 1 aromatic carbocycles. The van der Waals surface area contributed by atoms with Crippen LogP contribution in [0, 0.1) is 0 Å². The smallest absolute Gasteiger partial charge is 0.242 e. The summed E-state index contributed by atoms with van der Waals surface area (Å²) in [7, 11) is 0. The number of carbonyl (C=O) groups excluding carboxylic acids is 1. The fourth-order valence-corrected chi connectivity index (χ4v) is 3.55. The molecule has 0 bridgehead atoms.